The van der Waals surface area contributed by atoms with E-state index in [1.54, 1.807) is 57.3 Å². The normalized spacial score (nSPS) is 18.1. The monoisotopic (exact) mass is 589 g/mol. The molecular weight excluding hydrogens is 561 g/mol. The zero-order valence-corrected chi connectivity index (χ0v) is 23.9. The van der Waals surface area contributed by atoms with E-state index in [-0.39, 0.29) is 18.0 Å². The number of anilines is 3. The van der Waals surface area contributed by atoms with Crippen molar-refractivity contribution in [3.63, 3.8) is 0 Å². The molecule has 1 fully saturated rings. The fourth-order valence-corrected chi connectivity index (χ4v) is 5.92. The van der Waals surface area contributed by atoms with Gasteiger partial charge in [0.15, 0.2) is 0 Å². The predicted molar refractivity (Wildman–Crippen MR) is 158 cm³/mol. The number of amides is 4. The van der Waals surface area contributed by atoms with Crippen molar-refractivity contribution in [1.82, 2.24) is 15.2 Å². The number of hydrogen-bond acceptors (Lipinski definition) is 7. The summed E-state index contributed by atoms with van der Waals surface area (Å²) in [7, 11) is 0. The Bertz CT molecular complexity index is 1670. The predicted octanol–water partition coefficient (Wildman–Crippen LogP) is 6.46. The molecule has 2 aromatic carbocycles. The molecule has 0 unspecified atom stereocenters. The largest absolute Gasteiger partial charge is 0.457 e. The Balaban J connectivity index is 1.23. The van der Waals surface area contributed by atoms with Crippen molar-refractivity contribution in [2.24, 2.45) is 0 Å². The van der Waals surface area contributed by atoms with E-state index in [0.29, 0.717) is 38.8 Å². The summed E-state index contributed by atoms with van der Waals surface area (Å²) in [6, 6.07) is 16.8. The van der Waals surface area contributed by atoms with Crippen LogP contribution in [-0.4, -0.2) is 58.8 Å². The highest BCUT2D eigenvalue weighted by Crippen LogP contribution is 2.46. The number of pyridine rings is 1. The molecule has 2 atom stereocenters. The second-order valence-corrected chi connectivity index (χ2v) is 12.0. The summed E-state index contributed by atoms with van der Waals surface area (Å²) in [4.78, 5) is 47.1. The number of thiophene rings is 1. The average molecular weight is 590 g/mol. The SMILES string of the molecule is CC(C)(C)OC(=O)N1C[C@H](NC(=O)c2sc3nccc4c3c2NC(=O)N4c2ccc(Oc3ccccc3)cc2)[C@@H](F)C1. The molecule has 2 aliphatic rings. The molecule has 0 radical (unpaired) electrons. The van der Waals surface area contributed by atoms with Crippen LogP contribution in [0.2, 0.25) is 0 Å². The van der Waals surface area contributed by atoms with Gasteiger partial charge in [-0.1, -0.05) is 18.2 Å². The van der Waals surface area contributed by atoms with Crippen molar-refractivity contribution in [3.8, 4) is 11.5 Å². The number of nitrogens with one attached hydrogen (secondary N) is 2. The summed E-state index contributed by atoms with van der Waals surface area (Å²) in [5.74, 6) is 0.745. The minimum atomic E-state index is -1.47. The van der Waals surface area contributed by atoms with Gasteiger partial charge in [-0.05, 0) is 63.2 Å². The van der Waals surface area contributed by atoms with Crippen molar-refractivity contribution in [2.75, 3.05) is 23.3 Å². The summed E-state index contributed by atoms with van der Waals surface area (Å²) >= 11 is 1.10. The summed E-state index contributed by atoms with van der Waals surface area (Å²) < 4.78 is 26.1. The lowest BCUT2D eigenvalue weighted by atomic mass is 10.1. The topological polar surface area (TPSA) is 113 Å². The molecule has 4 amide bonds. The second-order valence-electron chi connectivity index (χ2n) is 11.0. The van der Waals surface area contributed by atoms with Gasteiger partial charge in [0.05, 0.1) is 35.0 Å². The Morgan fingerprint density at radius 2 is 1.76 bits per heavy atom. The molecule has 10 nitrogen and oxygen atoms in total. The first kappa shape index (κ1) is 27.5. The molecule has 2 aliphatic heterocycles. The number of halogens is 1. The summed E-state index contributed by atoms with van der Waals surface area (Å²) in [6.45, 7) is 4.97. The number of rotatable bonds is 5. The van der Waals surface area contributed by atoms with Crippen molar-refractivity contribution in [3.05, 3.63) is 71.7 Å². The number of aromatic nitrogens is 1. The van der Waals surface area contributed by atoms with Crippen molar-refractivity contribution in [2.45, 2.75) is 38.6 Å². The van der Waals surface area contributed by atoms with Crippen LogP contribution in [0.4, 0.5) is 31.0 Å². The molecule has 6 rings (SSSR count). The van der Waals surface area contributed by atoms with Crippen LogP contribution in [0.3, 0.4) is 0 Å². The van der Waals surface area contributed by atoms with E-state index in [1.807, 2.05) is 30.3 Å². The quantitative estimate of drug-likeness (QED) is 0.276. The van der Waals surface area contributed by atoms with Gasteiger partial charge in [-0.3, -0.25) is 9.69 Å². The Morgan fingerprint density at radius 1 is 1.05 bits per heavy atom. The van der Waals surface area contributed by atoms with E-state index in [0.717, 1.165) is 11.3 Å². The van der Waals surface area contributed by atoms with Gasteiger partial charge in [-0.2, -0.15) is 0 Å². The maximum atomic E-state index is 14.9. The Labute approximate surface area is 245 Å². The fourth-order valence-electron chi connectivity index (χ4n) is 4.90. The number of carbonyl (C=O) groups excluding carboxylic acids is 3. The maximum absolute atomic E-state index is 14.9. The Morgan fingerprint density at radius 3 is 2.48 bits per heavy atom. The smallest absolute Gasteiger partial charge is 0.410 e. The summed E-state index contributed by atoms with van der Waals surface area (Å²) in [5, 5.41) is 6.14. The molecule has 0 spiro atoms. The molecule has 42 heavy (non-hydrogen) atoms. The zero-order valence-electron chi connectivity index (χ0n) is 23.1. The van der Waals surface area contributed by atoms with Gasteiger partial charge >= 0.3 is 12.1 Å². The number of ether oxygens (including phenoxy) is 2. The standard InChI is InChI=1S/C30H28FN5O5S/c1-30(2,3)41-29(39)35-15-20(31)21(16-35)33-26(37)25-24-23-22(13-14-32-27(23)42-25)36(28(38)34-24)17-9-11-19(12-10-17)40-18-7-5-4-6-8-18/h4-14,20-21H,15-16H2,1-3H3,(H,33,37)(H,34,38)/t20-,21-/m0/s1. The number of hydrogen-bond donors (Lipinski definition) is 2. The molecule has 1 saturated heterocycles. The molecule has 4 heterocycles. The van der Waals surface area contributed by atoms with Crippen LogP contribution in [0.15, 0.2) is 66.9 Å². The van der Waals surface area contributed by atoms with E-state index < -0.39 is 35.8 Å². The third kappa shape index (κ3) is 5.32. The first-order chi connectivity index (χ1) is 20.1. The van der Waals surface area contributed by atoms with Crippen LogP contribution in [0.25, 0.3) is 10.2 Å². The number of alkyl halides is 1. The number of benzene rings is 2. The number of carbonyl (C=O) groups is 3. The Kier molecular flexibility index (Phi) is 6.93. The van der Waals surface area contributed by atoms with Gasteiger partial charge in [0.25, 0.3) is 5.91 Å². The molecule has 0 bridgehead atoms. The van der Waals surface area contributed by atoms with Gasteiger partial charge in [0, 0.05) is 12.7 Å². The lowest BCUT2D eigenvalue weighted by molar-refractivity contribution is 0.0281. The van der Waals surface area contributed by atoms with Gasteiger partial charge in [0.2, 0.25) is 0 Å². The minimum absolute atomic E-state index is 0.0321. The number of nitrogens with zero attached hydrogens (tertiary/aromatic N) is 3. The maximum Gasteiger partial charge on any atom is 0.410 e. The van der Waals surface area contributed by atoms with Gasteiger partial charge in [0.1, 0.15) is 33.0 Å². The second kappa shape index (κ2) is 10.6. The first-order valence-corrected chi connectivity index (χ1v) is 14.2. The van der Waals surface area contributed by atoms with Gasteiger partial charge in [-0.25, -0.2) is 19.0 Å². The highest BCUT2D eigenvalue weighted by atomic mass is 32.1. The highest BCUT2D eigenvalue weighted by molar-refractivity contribution is 7.21. The zero-order chi connectivity index (χ0) is 29.6. The molecule has 12 heteroatoms. The lowest BCUT2D eigenvalue weighted by Gasteiger charge is -2.28. The van der Waals surface area contributed by atoms with Crippen LogP contribution in [-0.2, 0) is 4.74 Å². The van der Waals surface area contributed by atoms with E-state index in [4.69, 9.17) is 9.47 Å². The molecule has 2 N–H and O–H groups in total. The van der Waals surface area contributed by atoms with Gasteiger partial charge in [-0.15, -0.1) is 11.3 Å². The molecule has 216 valence electrons. The van der Waals surface area contributed by atoms with Crippen molar-refractivity contribution >= 4 is 56.6 Å². The average Bonchev–Trinajstić information content (AvgIpc) is 3.50. The summed E-state index contributed by atoms with van der Waals surface area (Å²) in [6.07, 6.45) is -0.537. The summed E-state index contributed by atoms with van der Waals surface area (Å²) in [5.41, 5.74) is 0.750. The van der Waals surface area contributed by atoms with Crippen molar-refractivity contribution in [1.29, 1.82) is 0 Å². The van der Waals surface area contributed by atoms with Crippen LogP contribution in [0.5, 0.6) is 11.5 Å². The van der Waals surface area contributed by atoms with Crippen molar-refractivity contribution < 1.29 is 28.2 Å². The van der Waals surface area contributed by atoms with Gasteiger partial charge < -0.3 is 25.0 Å². The Hall–Kier alpha value is -4.71. The molecular formula is C30H28FN5O5S. The fraction of sp³-hybridized carbons (Fsp3) is 0.267. The first-order valence-electron chi connectivity index (χ1n) is 13.4. The molecule has 2 aromatic heterocycles. The third-order valence-electron chi connectivity index (χ3n) is 6.74. The van der Waals surface area contributed by atoms with E-state index >= 15 is 0 Å². The number of urea groups is 1. The lowest BCUT2D eigenvalue weighted by Crippen LogP contribution is -2.42. The van der Waals surface area contributed by atoms with Crippen LogP contribution >= 0.6 is 11.3 Å². The third-order valence-corrected chi connectivity index (χ3v) is 7.84. The minimum Gasteiger partial charge on any atom is -0.457 e. The van der Waals surface area contributed by atoms with Crippen LogP contribution in [0, 0.1) is 0 Å². The van der Waals surface area contributed by atoms with E-state index in [9.17, 15) is 18.8 Å². The molecule has 4 aromatic rings. The highest BCUT2D eigenvalue weighted by Gasteiger charge is 2.40. The molecule has 0 aliphatic carbocycles. The molecule has 0 saturated carbocycles. The van der Waals surface area contributed by atoms with E-state index in [1.165, 1.54) is 9.80 Å². The van der Waals surface area contributed by atoms with Crippen LogP contribution in [0.1, 0.15) is 30.4 Å². The number of likely N-dealkylation sites (tertiary alicyclic amines) is 1. The number of para-hydroxylation sites is 1. The van der Waals surface area contributed by atoms with Crippen LogP contribution < -0.4 is 20.3 Å². The van der Waals surface area contributed by atoms with E-state index in [2.05, 4.69) is 15.6 Å².